The van der Waals surface area contributed by atoms with Gasteiger partial charge in [-0.1, -0.05) is 24.3 Å². The van der Waals surface area contributed by atoms with Crippen molar-refractivity contribution in [3.8, 4) is 16.3 Å². The van der Waals surface area contributed by atoms with E-state index in [2.05, 4.69) is 15.6 Å². The summed E-state index contributed by atoms with van der Waals surface area (Å²) in [6, 6.07) is 16.4. The van der Waals surface area contributed by atoms with E-state index in [9.17, 15) is 14.4 Å². The fraction of sp³-hybridized carbons (Fsp3) is 0.312. The quantitative estimate of drug-likeness (QED) is 0.315. The summed E-state index contributed by atoms with van der Waals surface area (Å²) in [5, 5.41) is 6.55. The topological polar surface area (TPSA) is 109 Å². The Morgan fingerprint density at radius 3 is 2.56 bits per heavy atom. The van der Waals surface area contributed by atoms with Crippen molar-refractivity contribution in [1.29, 1.82) is 0 Å². The molecule has 1 atom stereocenters. The fourth-order valence-electron chi connectivity index (χ4n) is 5.56. The van der Waals surface area contributed by atoms with Gasteiger partial charge in [0.05, 0.1) is 5.69 Å². The molecule has 10 nitrogen and oxygen atoms in total. The van der Waals surface area contributed by atoms with E-state index in [1.165, 1.54) is 39.2 Å². The summed E-state index contributed by atoms with van der Waals surface area (Å²) in [6.07, 6.45) is 5.52. The average Bonchev–Trinajstić information content (AvgIpc) is 3.40. The molecule has 2 aliphatic rings. The van der Waals surface area contributed by atoms with Crippen LogP contribution in [0.5, 0.6) is 5.06 Å². The number of benzene rings is 2. The van der Waals surface area contributed by atoms with Crippen molar-refractivity contribution in [3.63, 3.8) is 0 Å². The largest absolute Gasteiger partial charge is 0.417 e. The lowest BCUT2D eigenvalue weighted by Gasteiger charge is -2.37. The molecule has 1 saturated heterocycles. The molecule has 1 aliphatic carbocycles. The van der Waals surface area contributed by atoms with E-state index in [-0.39, 0.29) is 23.3 Å². The predicted octanol–water partition coefficient (Wildman–Crippen LogP) is 5.19. The summed E-state index contributed by atoms with van der Waals surface area (Å²) in [5.74, 6) is 0.227. The van der Waals surface area contributed by atoms with Gasteiger partial charge in [-0.15, -0.1) is 11.3 Å². The van der Waals surface area contributed by atoms with Gasteiger partial charge in [-0.05, 0) is 74.2 Å². The minimum atomic E-state index is -0.553. The molecule has 43 heavy (non-hydrogen) atoms. The molecular weight excluding hydrogens is 564 g/mol. The van der Waals surface area contributed by atoms with Gasteiger partial charge >= 0.3 is 6.09 Å². The van der Waals surface area contributed by atoms with Gasteiger partial charge in [-0.25, -0.2) is 9.78 Å². The molecule has 0 spiro atoms. The molecule has 1 aliphatic heterocycles. The summed E-state index contributed by atoms with van der Waals surface area (Å²) in [7, 11) is 5.44. The van der Waals surface area contributed by atoms with Crippen LogP contribution in [0.15, 0.2) is 65.6 Å². The molecule has 3 heterocycles. The number of ether oxygens (including phenoxy) is 1. The molecule has 1 unspecified atom stereocenters. The van der Waals surface area contributed by atoms with Crippen LogP contribution in [0.25, 0.3) is 11.3 Å². The van der Waals surface area contributed by atoms with Gasteiger partial charge in [0.25, 0.3) is 5.56 Å². The second-order valence-corrected chi connectivity index (χ2v) is 12.2. The van der Waals surface area contributed by atoms with Crippen molar-refractivity contribution < 1.29 is 14.3 Å². The van der Waals surface area contributed by atoms with E-state index in [0.29, 0.717) is 28.7 Å². The fourth-order valence-corrected chi connectivity index (χ4v) is 6.66. The van der Waals surface area contributed by atoms with Crippen LogP contribution in [0.3, 0.4) is 0 Å². The first-order valence-corrected chi connectivity index (χ1v) is 15.2. The van der Waals surface area contributed by atoms with Crippen LogP contribution in [0.2, 0.25) is 0 Å². The third-order valence-corrected chi connectivity index (χ3v) is 9.09. The van der Waals surface area contributed by atoms with E-state index < -0.39 is 6.09 Å². The molecule has 2 N–H and O–H groups in total. The lowest BCUT2D eigenvalue weighted by atomic mass is 10.00. The van der Waals surface area contributed by atoms with Gasteiger partial charge in [0.1, 0.15) is 6.04 Å². The SMILES string of the molecule is CN1CCN(C)C(c2ccc(Nc3nc(-c4cccc(NC(=O)Oc5cc6c(s5)CCCC6)c4)cn(C)c3=O)cc2)C1=O. The summed E-state index contributed by atoms with van der Waals surface area (Å²) in [4.78, 5) is 48.1. The van der Waals surface area contributed by atoms with E-state index in [1.54, 1.807) is 30.3 Å². The number of anilines is 3. The summed E-state index contributed by atoms with van der Waals surface area (Å²) in [5.41, 5.74) is 4.40. The maximum atomic E-state index is 13.0. The Bertz CT molecular complexity index is 1710. The maximum absolute atomic E-state index is 13.0. The van der Waals surface area contributed by atoms with Crippen LogP contribution in [0.4, 0.5) is 22.0 Å². The van der Waals surface area contributed by atoms with Crippen LogP contribution < -0.4 is 20.9 Å². The number of fused-ring (bicyclic) bond motifs is 1. The van der Waals surface area contributed by atoms with Gasteiger partial charge in [0.2, 0.25) is 5.91 Å². The highest BCUT2D eigenvalue weighted by molar-refractivity contribution is 7.14. The molecule has 4 aromatic rings. The van der Waals surface area contributed by atoms with E-state index in [1.807, 2.05) is 61.5 Å². The third-order valence-electron chi connectivity index (χ3n) is 7.97. The van der Waals surface area contributed by atoms with Gasteiger partial charge in [0, 0.05) is 55.2 Å². The number of carbonyl (C=O) groups is 2. The lowest BCUT2D eigenvalue weighted by molar-refractivity contribution is -0.139. The third kappa shape index (κ3) is 6.18. The Labute approximate surface area is 253 Å². The number of amides is 2. The van der Waals surface area contributed by atoms with Crippen molar-refractivity contribution >= 4 is 40.5 Å². The lowest BCUT2D eigenvalue weighted by Crippen LogP contribution is -2.48. The number of nitrogens with zero attached hydrogens (tertiary/aromatic N) is 4. The zero-order valence-corrected chi connectivity index (χ0v) is 25.2. The Balaban J connectivity index is 1.17. The summed E-state index contributed by atoms with van der Waals surface area (Å²) >= 11 is 1.54. The second-order valence-electron chi connectivity index (χ2n) is 11.1. The number of carbonyl (C=O) groups excluding carboxylic acids is 2. The van der Waals surface area contributed by atoms with Crippen molar-refractivity contribution in [2.24, 2.45) is 7.05 Å². The number of aromatic nitrogens is 2. The molecule has 222 valence electrons. The van der Waals surface area contributed by atoms with Gasteiger partial charge in [-0.2, -0.15) is 0 Å². The highest BCUT2D eigenvalue weighted by atomic mass is 32.1. The second kappa shape index (κ2) is 12.0. The van der Waals surface area contributed by atoms with Crippen molar-refractivity contribution in [3.05, 3.63) is 87.2 Å². The minimum Gasteiger partial charge on any atom is -0.399 e. The molecule has 0 bridgehead atoms. The predicted molar refractivity (Wildman–Crippen MR) is 168 cm³/mol. The molecule has 2 aromatic carbocycles. The first kappa shape index (κ1) is 28.6. The van der Waals surface area contributed by atoms with E-state index >= 15 is 0 Å². The van der Waals surface area contributed by atoms with Crippen LogP contribution in [0.1, 0.15) is 34.9 Å². The Kier molecular flexibility index (Phi) is 8.00. The summed E-state index contributed by atoms with van der Waals surface area (Å²) in [6.45, 7) is 1.50. The van der Waals surface area contributed by atoms with Gasteiger partial charge in [0.15, 0.2) is 10.9 Å². The van der Waals surface area contributed by atoms with Crippen molar-refractivity contribution in [1.82, 2.24) is 19.4 Å². The summed E-state index contributed by atoms with van der Waals surface area (Å²) < 4.78 is 7.04. The van der Waals surface area contributed by atoms with E-state index in [4.69, 9.17) is 4.74 Å². The monoisotopic (exact) mass is 598 g/mol. The van der Waals surface area contributed by atoms with Crippen LogP contribution in [-0.4, -0.2) is 58.5 Å². The number of likely N-dealkylation sites (N-methyl/N-ethyl adjacent to an activating group) is 2. The molecule has 6 rings (SSSR count). The number of rotatable bonds is 6. The van der Waals surface area contributed by atoms with Crippen LogP contribution in [-0.2, 0) is 24.7 Å². The number of hydrogen-bond donors (Lipinski definition) is 2. The van der Waals surface area contributed by atoms with E-state index in [0.717, 1.165) is 30.5 Å². The zero-order valence-electron chi connectivity index (χ0n) is 24.4. The molecule has 11 heteroatoms. The van der Waals surface area contributed by atoms with Gasteiger partial charge in [-0.3, -0.25) is 19.8 Å². The molecule has 2 amide bonds. The number of aryl methyl sites for hydroxylation is 3. The number of thiophene rings is 1. The first-order valence-electron chi connectivity index (χ1n) is 14.4. The molecule has 0 saturated carbocycles. The normalized spacial score (nSPS) is 17.0. The highest BCUT2D eigenvalue weighted by Crippen LogP contribution is 2.35. The molecule has 1 fully saturated rings. The van der Waals surface area contributed by atoms with Crippen LogP contribution in [0, 0.1) is 0 Å². The van der Waals surface area contributed by atoms with Crippen molar-refractivity contribution in [2.75, 3.05) is 37.8 Å². The first-order chi connectivity index (χ1) is 20.7. The highest BCUT2D eigenvalue weighted by Gasteiger charge is 2.31. The minimum absolute atomic E-state index is 0.0629. The standard InChI is InChI=1S/C32H34N6O4S/c1-36-15-16-37(2)30(39)28(36)20-11-13-23(14-12-20)33-29-31(40)38(3)19-25(35-29)21-8-6-9-24(17-21)34-32(41)42-27-18-22-7-4-5-10-26(22)43-27/h6,8-9,11-14,17-19,28H,4-5,7,10,15-16H2,1-3H3,(H,33,35)(H,34,41). The Morgan fingerprint density at radius 2 is 1.77 bits per heavy atom. The number of hydrogen-bond acceptors (Lipinski definition) is 8. The average molecular weight is 599 g/mol. The number of piperazine rings is 1. The Morgan fingerprint density at radius 1 is 0.977 bits per heavy atom. The maximum Gasteiger partial charge on any atom is 0.417 e. The Hall–Kier alpha value is -4.48. The zero-order chi connectivity index (χ0) is 30.1. The van der Waals surface area contributed by atoms with Crippen LogP contribution >= 0.6 is 11.3 Å². The molecular formula is C32H34N6O4S. The molecule has 2 aromatic heterocycles. The number of nitrogens with one attached hydrogen (secondary N) is 2. The van der Waals surface area contributed by atoms with Gasteiger partial charge < -0.3 is 19.5 Å². The van der Waals surface area contributed by atoms with Crippen molar-refractivity contribution in [2.45, 2.75) is 31.7 Å². The smallest absolute Gasteiger partial charge is 0.399 e. The molecule has 0 radical (unpaired) electrons.